The molecule has 2 atom stereocenters. The summed E-state index contributed by atoms with van der Waals surface area (Å²) >= 11 is 0. The number of nitrogens with zero attached hydrogens (tertiary/aromatic N) is 8. The monoisotopic (exact) mass is 793 g/mol. The van der Waals surface area contributed by atoms with Gasteiger partial charge in [-0.15, -0.1) is 0 Å². The van der Waals surface area contributed by atoms with E-state index in [1.54, 1.807) is 56.3 Å². The number of hydrogen-bond acceptors (Lipinski definition) is 11. The first-order chi connectivity index (χ1) is 28.9. The van der Waals surface area contributed by atoms with Crippen LogP contribution in [0.4, 0.5) is 10.5 Å². The number of anilines is 1. The highest BCUT2D eigenvalue weighted by Gasteiger charge is 2.51. The molecular formula is C44H43N9O6. The summed E-state index contributed by atoms with van der Waals surface area (Å²) in [6.07, 6.45) is 2.84. The number of benzene rings is 3. The Morgan fingerprint density at radius 3 is 2.47 bits per heavy atom. The Morgan fingerprint density at radius 1 is 0.847 bits per heavy atom. The molecule has 3 aliphatic heterocycles. The largest absolute Gasteiger partial charge is 0.508 e. The van der Waals surface area contributed by atoms with Gasteiger partial charge in [0.2, 0.25) is 11.8 Å². The van der Waals surface area contributed by atoms with Crippen LogP contribution in [-0.4, -0.2) is 109 Å². The van der Waals surface area contributed by atoms with Crippen LogP contribution in [0.15, 0.2) is 120 Å². The molecule has 3 fully saturated rings. The normalized spacial score (nSPS) is 18.6. The number of urea groups is 1. The lowest BCUT2D eigenvalue weighted by molar-refractivity contribution is -0.193. The molecule has 0 spiro atoms. The average Bonchev–Trinajstić information content (AvgIpc) is 3.74. The SMILES string of the molecule is O=C1[C@H](Cc2ccc(O)cc2)N2C(=O)CN(Cc3cc(-c4ccc(N5CCOCC5)cn4)no3)N(C(=O)NCc3ccccc3)[C@H]2CN1Cc1cccc2ncccc12. The van der Waals surface area contributed by atoms with Crippen LogP contribution in [0.3, 0.4) is 0 Å². The van der Waals surface area contributed by atoms with Crippen molar-refractivity contribution in [2.24, 2.45) is 0 Å². The van der Waals surface area contributed by atoms with E-state index in [0.717, 1.165) is 46.4 Å². The van der Waals surface area contributed by atoms with Gasteiger partial charge in [-0.05, 0) is 53.1 Å². The number of carbonyl (C=O) groups is 3. The van der Waals surface area contributed by atoms with Gasteiger partial charge in [-0.25, -0.2) is 9.80 Å². The summed E-state index contributed by atoms with van der Waals surface area (Å²) in [6, 6.07) is 30.1. The fourth-order valence-corrected chi connectivity index (χ4v) is 8.13. The highest BCUT2D eigenvalue weighted by atomic mass is 16.5. The number of ether oxygens (including phenoxy) is 1. The van der Waals surface area contributed by atoms with Crippen LogP contribution in [0.5, 0.6) is 5.75 Å². The lowest BCUT2D eigenvalue weighted by Crippen LogP contribution is -2.76. The van der Waals surface area contributed by atoms with E-state index in [1.807, 2.05) is 79.0 Å². The van der Waals surface area contributed by atoms with E-state index in [-0.39, 0.29) is 56.7 Å². The second-order valence-electron chi connectivity index (χ2n) is 14.9. The van der Waals surface area contributed by atoms with Crippen LogP contribution in [0, 0.1) is 0 Å². The van der Waals surface area contributed by atoms with Gasteiger partial charge >= 0.3 is 6.03 Å². The molecule has 3 aromatic carbocycles. The number of aromatic nitrogens is 3. The van der Waals surface area contributed by atoms with Gasteiger partial charge in [0.15, 0.2) is 5.76 Å². The minimum Gasteiger partial charge on any atom is -0.508 e. The summed E-state index contributed by atoms with van der Waals surface area (Å²) < 4.78 is 11.3. The van der Waals surface area contributed by atoms with E-state index in [0.29, 0.717) is 30.4 Å². The molecular weight excluding hydrogens is 751 g/mol. The molecule has 0 saturated carbocycles. The van der Waals surface area contributed by atoms with Crippen LogP contribution in [0.1, 0.15) is 22.5 Å². The summed E-state index contributed by atoms with van der Waals surface area (Å²) in [7, 11) is 0. The summed E-state index contributed by atoms with van der Waals surface area (Å²) in [5.41, 5.74) is 5.49. The molecule has 0 bridgehead atoms. The number of amides is 4. The van der Waals surface area contributed by atoms with Crippen LogP contribution in [0.25, 0.3) is 22.3 Å². The summed E-state index contributed by atoms with van der Waals surface area (Å²) in [5, 5.41) is 21.5. The van der Waals surface area contributed by atoms with Crippen LogP contribution < -0.4 is 10.2 Å². The van der Waals surface area contributed by atoms with E-state index in [2.05, 4.69) is 25.3 Å². The Labute approximate surface area is 340 Å². The maximum absolute atomic E-state index is 14.6. The number of morpholine rings is 1. The zero-order chi connectivity index (χ0) is 40.3. The maximum atomic E-state index is 14.6. The molecule has 6 heterocycles. The number of hydrogen-bond donors (Lipinski definition) is 2. The van der Waals surface area contributed by atoms with Crippen molar-refractivity contribution in [3.05, 3.63) is 138 Å². The van der Waals surface area contributed by atoms with Crippen molar-refractivity contribution in [1.82, 2.24) is 40.3 Å². The minimum atomic E-state index is -0.936. The molecule has 2 N–H and O–H groups in total. The van der Waals surface area contributed by atoms with Crippen LogP contribution in [-0.2, 0) is 40.4 Å². The van der Waals surface area contributed by atoms with Gasteiger partial charge < -0.3 is 34.4 Å². The highest BCUT2D eigenvalue weighted by Crippen LogP contribution is 2.32. The third-order valence-electron chi connectivity index (χ3n) is 11.1. The molecule has 0 aliphatic carbocycles. The number of phenols is 1. The summed E-state index contributed by atoms with van der Waals surface area (Å²) in [5.74, 6) is -0.0362. The zero-order valence-electron chi connectivity index (χ0n) is 32.3. The van der Waals surface area contributed by atoms with E-state index in [4.69, 9.17) is 9.26 Å². The number of fused-ring (bicyclic) bond motifs is 2. The maximum Gasteiger partial charge on any atom is 0.334 e. The molecule has 4 amide bonds. The number of aromatic hydroxyl groups is 1. The standard InChI is InChI=1S/C44H43N9O6/c54-34-14-11-30(12-15-34)22-40-43(56)50(26-32-8-4-10-37-36(32)9-5-17-45-37)28-41-52(40)42(55)29-51(53(41)44(57)47-24-31-6-2-1-3-7-31)27-35-23-39(48-59-35)38-16-13-33(25-46-38)49-18-20-58-21-19-49/h1-17,23,25,40-41,54H,18-22,24,26-29H2,(H,47,57)/t40-,41-/m0/s1. The molecule has 3 aromatic heterocycles. The number of hydrazine groups is 1. The van der Waals surface area contributed by atoms with Gasteiger partial charge in [-0.3, -0.25) is 19.6 Å². The van der Waals surface area contributed by atoms with E-state index in [1.165, 1.54) is 0 Å². The van der Waals surface area contributed by atoms with Gasteiger partial charge in [0.1, 0.15) is 23.7 Å². The molecule has 0 radical (unpaired) electrons. The topological polar surface area (TPSA) is 161 Å². The Balaban J connectivity index is 1.04. The van der Waals surface area contributed by atoms with E-state index in [9.17, 15) is 19.5 Å². The molecule has 15 nitrogen and oxygen atoms in total. The zero-order valence-corrected chi connectivity index (χ0v) is 32.3. The van der Waals surface area contributed by atoms with E-state index >= 15 is 0 Å². The smallest absolute Gasteiger partial charge is 0.334 e. The Bertz CT molecular complexity index is 2430. The first kappa shape index (κ1) is 37.7. The van der Waals surface area contributed by atoms with Crippen molar-refractivity contribution < 1.29 is 28.8 Å². The fraction of sp³-hybridized carbons (Fsp3) is 0.273. The molecule has 300 valence electrons. The minimum absolute atomic E-state index is 0.0409. The van der Waals surface area contributed by atoms with Gasteiger partial charge in [-0.1, -0.05) is 65.8 Å². The number of phenolic OH excluding ortho intramolecular Hbond substituents is 1. The predicted octanol–water partition coefficient (Wildman–Crippen LogP) is 4.58. The first-order valence-corrected chi connectivity index (χ1v) is 19.7. The average molecular weight is 794 g/mol. The second-order valence-corrected chi connectivity index (χ2v) is 14.9. The van der Waals surface area contributed by atoms with Crippen LogP contribution >= 0.6 is 0 Å². The molecule has 59 heavy (non-hydrogen) atoms. The van der Waals surface area contributed by atoms with Crippen molar-refractivity contribution in [3.63, 3.8) is 0 Å². The third-order valence-corrected chi connectivity index (χ3v) is 11.1. The Kier molecular flexibility index (Phi) is 10.6. The molecule has 3 saturated heterocycles. The predicted molar refractivity (Wildman–Crippen MR) is 217 cm³/mol. The highest BCUT2D eigenvalue weighted by molar-refractivity contribution is 5.92. The summed E-state index contributed by atoms with van der Waals surface area (Å²) in [6.45, 7) is 3.28. The van der Waals surface area contributed by atoms with Crippen molar-refractivity contribution >= 4 is 34.4 Å². The Morgan fingerprint density at radius 2 is 1.68 bits per heavy atom. The number of carbonyl (C=O) groups excluding carboxylic acids is 3. The molecule has 3 aliphatic rings. The van der Waals surface area contributed by atoms with Gasteiger partial charge in [-0.2, -0.15) is 5.01 Å². The second kappa shape index (κ2) is 16.6. The van der Waals surface area contributed by atoms with Crippen LogP contribution in [0.2, 0.25) is 0 Å². The van der Waals surface area contributed by atoms with Gasteiger partial charge in [0, 0.05) is 50.2 Å². The van der Waals surface area contributed by atoms with Gasteiger partial charge in [0.05, 0.1) is 55.9 Å². The number of nitrogens with one attached hydrogen (secondary N) is 1. The van der Waals surface area contributed by atoms with Gasteiger partial charge in [0.25, 0.3) is 0 Å². The van der Waals surface area contributed by atoms with Crippen molar-refractivity contribution in [2.45, 2.75) is 38.3 Å². The number of pyridine rings is 2. The number of rotatable bonds is 10. The van der Waals surface area contributed by atoms with Crippen molar-refractivity contribution in [1.29, 1.82) is 0 Å². The summed E-state index contributed by atoms with van der Waals surface area (Å²) in [4.78, 5) is 58.3. The third kappa shape index (κ3) is 8.02. The number of piperazine rings is 1. The first-order valence-electron chi connectivity index (χ1n) is 19.7. The lowest BCUT2D eigenvalue weighted by atomic mass is 9.98. The van der Waals surface area contributed by atoms with E-state index < -0.39 is 18.2 Å². The Hall–Kier alpha value is -6.84. The van der Waals surface area contributed by atoms with Crippen molar-refractivity contribution in [3.8, 4) is 17.1 Å². The lowest BCUT2D eigenvalue weighted by Gasteiger charge is -2.55. The quantitative estimate of drug-likeness (QED) is 0.200. The molecule has 15 heteroatoms. The molecule has 9 rings (SSSR count). The molecule has 6 aromatic rings. The molecule has 0 unspecified atom stereocenters. The fourth-order valence-electron chi connectivity index (χ4n) is 8.13. The van der Waals surface area contributed by atoms with Crippen molar-refractivity contribution in [2.75, 3.05) is 44.3 Å².